The fourth-order valence-electron chi connectivity index (χ4n) is 2.08. The first kappa shape index (κ1) is 17.9. The van der Waals surface area contributed by atoms with Gasteiger partial charge in [0.25, 0.3) is 0 Å². The van der Waals surface area contributed by atoms with E-state index in [0.717, 1.165) is 5.69 Å². The minimum absolute atomic E-state index is 0.159. The predicted octanol–water partition coefficient (Wildman–Crippen LogP) is 1.55. The molecule has 3 N–H and O–H groups in total. The maximum absolute atomic E-state index is 12.0. The number of nitrogens with zero attached hydrogens (tertiary/aromatic N) is 1. The van der Waals surface area contributed by atoms with E-state index in [2.05, 4.69) is 20.3 Å². The molecule has 1 aromatic carbocycles. The first-order chi connectivity index (χ1) is 11.4. The number of sulfonamides is 1. The van der Waals surface area contributed by atoms with Gasteiger partial charge >= 0.3 is 6.03 Å². The monoisotopic (exact) mass is 348 g/mol. The van der Waals surface area contributed by atoms with Gasteiger partial charge in [0.2, 0.25) is 10.0 Å². The van der Waals surface area contributed by atoms with Gasteiger partial charge in [0, 0.05) is 12.7 Å². The fourth-order valence-corrected chi connectivity index (χ4v) is 2.88. The number of carbonyl (C=O) groups excluding carboxylic acids is 1. The first-order valence-corrected chi connectivity index (χ1v) is 8.88. The third-order valence-electron chi connectivity index (χ3n) is 3.41. The predicted molar refractivity (Wildman–Crippen MR) is 90.7 cm³/mol. The van der Waals surface area contributed by atoms with Gasteiger partial charge in [0.05, 0.1) is 16.6 Å². The SMILES string of the molecule is CNS(=O)(=O)c1cccc(CNC(=O)NC(C)c2ccccn2)c1. The first-order valence-electron chi connectivity index (χ1n) is 7.40. The van der Waals surface area contributed by atoms with Crippen LogP contribution in [0.1, 0.15) is 24.2 Å². The van der Waals surface area contributed by atoms with Crippen LogP contribution < -0.4 is 15.4 Å². The van der Waals surface area contributed by atoms with Crippen LogP contribution in [0.3, 0.4) is 0 Å². The van der Waals surface area contributed by atoms with Gasteiger partial charge in [-0.25, -0.2) is 17.9 Å². The van der Waals surface area contributed by atoms with Gasteiger partial charge < -0.3 is 10.6 Å². The van der Waals surface area contributed by atoms with Crippen LogP contribution in [0.4, 0.5) is 4.79 Å². The topological polar surface area (TPSA) is 100 Å². The molecule has 0 aliphatic carbocycles. The smallest absolute Gasteiger partial charge is 0.315 e. The summed E-state index contributed by atoms with van der Waals surface area (Å²) in [5, 5.41) is 5.48. The molecule has 2 amide bonds. The molecule has 0 bridgehead atoms. The fraction of sp³-hybridized carbons (Fsp3) is 0.250. The summed E-state index contributed by atoms with van der Waals surface area (Å²) in [4.78, 5) is 16.3. The summed E-state index contributed by atoms with van der Waals surface area (Å²) in [6.45, 7) is 2.05. The lowest BCUT2D eigenvalue weighted by molar-refractivity contribution is 0.237. The summed E-state index contributed by atoms with van der Waals surface area (Å²) < 4.78 is 25.8. The molecule has 0 radical (unpaired) electrons. The van der Waals surface area contributed by atoms with Gasteiger partial charge in [-0.2, -0.15) is 0 Å². The van der Waals surface area contributed by atoms with Crippen molar-refractivity contribution < 1.29 is 13.2 Å². The number of nitrogens with one attached hydrogen (secondary N) is 3. The maximum atomic E-state index is 12.0. The zero-order valence-electron chi connectivity index (χ0n) is 13.5. The number of hydrogen-bond acceptors (Lipinski definition) is 4. The van der Waals surface area contributed by atoms with Crippen LogP contribution in [0.2, 0.25) is 0 Å². The minimum atomic E-state index is -3.50. The van der Waals surface area contributed by atoms with E-state index in [1.807, 2.05) is 25.1 Å². The number of amides is 2. The van der Waals surface area contributed by atoms with Crippen LogP contribution in [0.25, 0.3) is 0 Å². The molecule has 128 valence electrons. The van der Waals surface area contributed by atoms with E-state index in [0.29, 0.717) is 5.56 Å². The quantitative estimate of drug-likeness (QED) is 0.737. The van der Waals surface area contributed by atoms with Gasteiger partial charge in [-0.3, -0.25) is 4.98 Å². The third-order valence-corrected chi connectivity index (χ3v) is 4.82. The molecule has 24 heavy (non-hydrogen) atoms. The Morgan fingerprint density at radius 3 is 2.67 bits per heavy atom. The molecular weight excluding hydrogens is 328 g/mol. The maximum Gasteiger partial charge on any atom is 0.315 e. The van der Waals surface area contributed by atoms with Gasteiger partial charge in [0.15, 0.2) is 0 Å². The van der Waals surface area contributed by atoms with E-state index in [9.17, 15) is 13.2 Å². The number of hydrogen-bond donors (Lipinski definition) is 3. The van der Waals surface area contributed by atoms with Crippen molar-refractivity contribution in [3.05, 3.63) is 59.9 Å². The normalized spacial score (nSPS) is 12.4. The van der Waals surface area contributed by atoms with Crippen molar-refractivity contribution in [1.82, 2.24) is 20.3 Å². The van der Waals surface area contributed by atoms with Crippen LogP contribution in [-0.4, -0.2) is 26.5 Å². The molecule has 1 heterocycles. The number of pyridine rings is 1. The van der Waals surface area contributed by atoms with Crippen LogP contribution in [0.5, 0.6) is 0 Å². The number of aromatic nitrogens is 1. The van der Waals surface area contributed by atoms with Crippen LogP contribution >= 0.6 is 0 Å². The molecule has 0 fully saturated rings. The van der Waals surface area contributed by atoms with Crippen LogP contribution in [0, 0.1) is 0 Å². The van der Waals surface area contributed by atoms with Gasteiger partial charge in [0.1, 0.15) is 0 Å². The lowest BCUT2D eigenvalue weighted by Gasteiger charge is -2.14. The molecule has 2 rings (SSSR count). The molecule has 7 nitrogen and oxygen atoms in total. The second-order valence-corrected chi connectivity index (χ2v) is 7.04. The Morgan fingerprint density at radius 2 is 2.00 bits per heavy atom. The van der Waals surface area contributed by atoms with Crippen molar-refractivity contribution in [3.8, 4) is 0 Å². The van der Waals surface area contributed by atoms with Crippen molar-refractivity contribution in [2.75, 3.05) is 7.05 Å². The van der Waals surface area contributed by atoms with Crippen LogP contribution in [-0.2, 0) is 16.6 Å². The average Bonchev–Trinajstić information content (AvgIpc) is 2.61. The van der Waals surface area contributed by atoms with E-state index in [4.69, 9.17) is 0 Å². The van der Waals surface area contributed by atoms with E-state index < -0.39 is 10.0 Å². The van der Waals surface area contributed by atoms with Crippen molar-refractivity contribution in [2.24, 2.45) is 0 Å². The third kappa shape index (κ3) is 4.77. The summed E-state index contributed by atoms with van der Waals surface area (Å²) in [7, 11) is -2.15. The second kappa shape index (κ2) is 7.89. The van der Waals surface area contributed by atoms with Gasteiger partial charge in [-0.1, -0.05) is 18.2 Å². The molecule has 0 saturated carbocycles. The van der Waals surface area contributed by atoms with E-state index in [1.54, 1.807) is 18.3 Å². The summed E-state index contributed by atoms with van der Waals surface area (Å²) in [6.07, 6.45) is 1.67. The van der Waals surface area contributed by atoms with Crippen molar-refractivity contribution in [3.63, 3.8) is 0 Å². The molecular formula is C16H20N4O3S. The molecule has 0 aliphatic rings. The lowest BCUT2D eigenvalue weighted by Crippen LogP contribution is -2.36. The Kier molecular flexibility index (Phi) is 5.88. The molecule has 1 unspecified atom stereocenters. The Hall–Kier alpha value is -2.45. The van der Waals surface area contributed by atoms with Gasteiger partial charge in [-0.05, 0) is 43.8 Å². The molecule has 1 atom stereocenters. The Balaban J connectivity index is 1.94. The van der Waals surface area contributed by atoms with E-state index in [-0.39, 0.29) is 23.5 Å². The van der Waals surface area contributed by atoms with Crippen LogP contribution in [0.15, 0.2) is 53.6 Å². The minimum Gasteiger partial charge on any atom is -0.334 e. The van der Waals surface area contributed by atoms with Crippen molar-refractivity contribution in [2.45, 2.75) is 24.4 Å². The average molecular weight is 348 g/mol. The van der Waals surface area contributed by atoms with E-state index >= 15 is 0 Å². The lowest BCUT2D eigenvalue weighted by atomic mass is 10.2. The number of rotatable bonds is 6. The highest BCUT2D eigenvalue weighted by Gasteiger charge is 2.12. The highest BCUT2D eigenvalue weighted by atomic mass is 32.2. The highest BCUT2D eigenvalue weighted by Crippen LogP contribution is 2.11. The van der Waals surface area contributed by atoms with Crippen molar-refractivity contribution in [1.29, 1.82) is 0 Å². The summed E-state index contributed by atoms with van der Waals surface area (Å²) in [5.41, 5.74) is 1.45. The molecule has 2 aromatic rings. The Bertz CT molecular complexity index is 794. The molecule has 1 aromatic heterocycles. The summed E-state index contributed by atoms with van der Waals surface area (Å²) >= 11 is 0. The molecule has 8 heteroatoms. The van der Waals surface area contributed by atoms with E-state index in [1.165, 1.54) is 19.2 Å². The highest BCUT2D eigenvalue weighted by molar-refractivity contribution is 7.89. The molecule has 0 aliphatic heterocycles. The Morgan fingerprint density at radius 1 is 1.21 bits per heavy atom. The number of urea groups is 1. The zero-order valence-corrected chi connectivity index (χ0v) is 14.3. The number of benzene rings is 1. The van der Waals surface area contributed by atoms with Crippen molar-refractivity contribution >= 4 is 16.1 Å². The largest absolute Gasteiger partial charge is 0.334 e. The summed E-state index contributed by atoms with van der Waals surface area (Å²) in [6, 6.07) is 11.3. The number of carbonyl (C=O) groups is 1. The van der Waals surface area contributed by atoms with Gasteiger partial charge in [-0.15, -0.1) is 0 Å². The summed E-state index contributed by atoms with van der Waals surface area (Å²) in [5.74, 6) is 0. The second-order valence-electron chi connectivity index (χ2n) is 5.16. The molecule has 0 saturated heterocycles. The standard InChI is InChI=1S/C16H20N4O3S/c1-12(15-8-3-4-9-18-15)20-16(21)19-11-13-6-5-7-14(10-13)24(22,23)17-2/h3-10,12,17H,11H2,1-2H3,(H2,19,20,21). The molecule has 0 spiro atoms. The Labute approximate surface area is 141 Å². The zero-order chi connectivity index (χ0) is 17.6.